The first-order valence-corrected chi connectivity index (χ1v) is 11.9. The van der Waals surface area contributed by atoms with Gasteiger partial charge in [-0.2, -0.15) is 0 Å². The molecule has 4 rings (SSSR count). The number of ether oxygens (including phenoxy) is 2. The van der Waals surface area contributed by atoms with E-state index in [4.69, 9.17) is 9.47 Å². The van der Waals surface area contributed by atoms with Gasteiger partial charge < -0.3 is 9.47 Å². The first-order valence-electron chi connectivity index (χ1n) is 11.9. The van der Waals surface area contributed by atoms with Crippen LogP contribution in [-0.4, -0.2) is 13.7 Å². The zero-order chi connectivity index (χ0) is 24.7. The Morgan fingerprint density at radius 1 is 0.571 bits per heavy atom. The highest BCUT2D eigenvalue weighted by atomic mass is 16.5. The van der Waals surface area contributed by atoms with E-state index >= 15 is 0 Å². The Hall–Kier alpha value is -3.88. The number of hydrogen-bond acceptors (Lipinski definition) is 2. The second-order valence-electron chi connectivity index (χ2n) is 8.16. The molecule has 2 nitrogen and oxygen atoms in total. The number of methoxy groups -OCH3 is 1. The Bertz CT molecular complexity index is 1170. The maximum atomic E-state index is 5.41. The van der Waals surface area contributed by atoms with Crippen molar-refractivity contribution in [3.8, 4) is 5.75 Å². The summed E-state index contributed by atoms with van der Waals surface area (Å²) in [5, 5.41) is 0. The van der Waals surface area contributed by atoms with E-state index in [9.17, 15) is 0 Å². The quantitative estimate of drug-likeness (QED) is 0.244. The minimum atomic E-state index is 0.669. The lowest BCUT2D eigenvalue weighted by molar-refractivity contribution is 0.185. The third-order valence-corrected chi connectivity index (χ3v) is 5.30. The smallest absolute Gasteiger partial charge is 0.119 e. The molecule has 0 aromatic heterocycles. The van der Waals surface area contributed by atoms with Gasteiger partial charge in [0.1, 0.15) is 5.75 Å². The average molecular weight is 463 g/mol. The molecule has 0 bridgehead atoms. The summed E-state index contributed by atoms with van der Waals surface area (Å²) in [6.45, 7) is 5.46. The van der Waals surface area contributed by atoms with Crippen LogP contribution in [0.2, 0.25) is 0 Å². The normalized spacial score (nSPS) is 10.8. The van der Waals surface area contributed by atoms with Crippen LogP contribution in [0.3, 0.4) is 0 Å². The second kappa shape index (κ2) is 14.4. The molecule has 0 atom stereocenters. The molecular weight excluding hydrogens is 428 g/mol. The highest BCUT2D eigenvalue weighted by Crippen LogP contribution is 2.15. The van der Waals surface area contributed by atoms with Gasteiger partial charge in [0, 0.05) is 7.11 Å². The molecule has 4 aromatic carbocycles. The summed E-state index contributed by atoms with van der Waals surface area (Å²) in [6, 6.07) is 35.3. The topological polar surface area (TPSA) is 18.5 Å². The minimum Gasteiger partial charge on any atom is -0.494 e. The molecule has 0 aliphatic rings. The van der Waals surface area contributed by atoms with Crippen molar-refractivity contribution in [1.82, 2.24) is 0 Å². The molecule has 2 heteroatoms. The number of benzene rings is 4. The molecule has 0 radical (unpaired) electrons. The molecule has 0 unspecified atom stereocenters. The molecule has 0 fully saturated rings. The highest BCUT2D eigenvalue weighted by Gasteiger charge is 1.93. The SMILES string of the molecule is CCOc1ccc(/C=C/c2ccc(C)cc2)cc1.COCc1ccc(/C=C/c2ccccc2)cc1. The first kappa shape index (κ1) is 25.7. The van der Waals surface area contributed by atoms with E-state index in [-0.39, 0.29) is 0 Å². The molecule has 35 heavy (non-hydrogen) atoms. The maximum Gasteiger partial charge on any atom is 0.119 e. The van der Waals surface area contributed by atoms with Crippen molar-refractivity contribution in [2.75, 3.05) is 13.7 Å². The minimum absolute atomic E-state index is 0.669. The lowest BCUT2D eigenvalue weighted by Crippen LogP contribution is -1.90. The lowest BCUT2D eigenvalue weighted by atomic mass is 10.1. The Labute approximate surface area is 210 Å². The molecule has 0 saturated heterocycles. The molecule has 0 aliphatic carbocycles. The molecular formula is C33H34O2. The summed E-state index contributed by atoms with van der Waals surface area (Å²) < 4.78 is 10.5. The van der Waals surface area contributed by atoms with Crippen molar-refractivity contribution in [3.05, 3.63) is 137 Å². The van der Waals surface area contributed by atoms with Crippen molar-refractivity contribution in [1.29, 1.82) is 0 Å². The predicted octanol–water partition coefficient (Wildman–Crippen LogP) is 8.57. The van der Waals surface area contributed by atoms with Gasteiger partial charge in [-0.3, -0.25) is 0 Å². The van der Waals surface area contributed by atoms with Crippen molar-refractivity contribution in [2.24, 2.45) is 0 Å². The Balaban J connectivity index is 0.000000196. The first-order chi connectivity index (χ1) is 17.2. The Morgan fingerprint density at radius 2 is 1.03 bits per heavy atom. The fraction of sp³-hybridized carbons (Fsp3) is 0.152. The van der Waals surface area contributed by atoms with Gasteiger partial charge in [-0.15, -0.1) is 0 Å². The van der Waals surface area contributed by atoms with Crippen LogP contribution in [0.4, 0.5) is 0 Å². The van der Waals surface area contributed by atoms with Crippen LogP contribution >= 0.6 is 0 Å². The molecule has 178 valence electrons. The maximum absolute atomic E-state index is 5.41. The summed E-state index contributed by atoms with van der Waals surface area (Å²) in [7, 11) is 1.71. The monoisotopic (exact) mass is 462 g/mol. The molecule has 0 aliphatic heterocycles. The van der Waals surface area contributed by atoms with Crippen LogP contribution in [0.25, 0.3) is 24.3 Å². The van der Waals surface area contributed by atoms with Gasteiger partial charge in [0.2, 0.25) is 0 Å². The van der Waals surface area contributed by atoms with Crippen LogP contribution in [0.15, 0.2) is 103 Å². The van der Waals surface area contributed by atoms with Crippen LogP contribution in [0, 0.1) is 6.92 Å². The summed E-state index contributed by atoms with van der Waals surface area (Å²) in [6.07, 6.45) is 8.47. The lowest BCUT2D eigenvalue weighted by Gasteiger charge is -2.02. The Kier molecular flexibility index (Phi) is 10.6. The van der Waals surface area contributed by atoms with E-state index < -0.39 is 0 Å². The van der Waals surface area contributed by atoms with Crippen LogP contribution in [0.5, 0.6) is 5.75 Å². The van der Waals surface area contributed by atoms with E-state index in [1.807, 2.05) is 37.3 Å². The van der Waals surface area contributed by atoms with Gasteiger partial charge in [-0.25, -0.2) is 0 Å². The number of hydrogen-bond donors (Lipinski definition) is 0. The number of aryl methyl sites for hydroxylation is 1. The zero-order valence-electron chi connectivity index (χ0n) is 20.9. The molecule has 4 aromatic rings. The summed E-state index contributed by atoms with van der Waals surface area (Å²) in [5.41, 5.74) is 7.30. The van der Waals surface area contributed by atoms with E-state index in [1.165, 1.54) is 33.4 Å². The van der Waals surface area contributed by atoms with Gasteiger partial charge in [-0.05, 0) is 53.8 Å². The van der Waals surface area contributed by atoms with E-state index in [0.29, 0.717) is 13.2 Å². The zero-order valence-corrected chi connectivity index (χ0v) is 20.9. The third-order valence-electron chi connectivity index (χ3n) is 5.30. The predicted molar refractivity (Wildman–Crippen MR) is 150 cm³/mol. The van der Waals surface area contributed by atoms with Gasteiger partial charge in [0.15, 0.2) is 0 Å². The van der Waals surface area contributed by atoms with Crippen molar-refractivity contribution in [2.45, 2.75) is 20.5 Å². The van der Waals surface area contributed by atoms with Gasteiger partial charge in [0.05, 0.1) is 13.2 Å². The fourth-order valence-electron chi connectivity index (χ4n) is 3.36. The van der Waals surface area contributed by atoms with Crippen LogP contribution in [0.1, 0.15) is 40.3 Å². The molecule has 0 N–H and O–H groups in total. The number of rotatable bonds is 8. The van der Waals surface area contributed by atoms with Crippen LogP contribution in [-0.2, 0) is 11.3 Å². The molecule has 0 heterocycles. The summed E-state index contributed by atoms with van der Waals surface area (Å²) in [5.74, 6) is 0.921. The third kappa shape index (κ3) is 9.48. The van der Waals surface area contributed by atoms with Gasteiger partial charge >= 0.3 is 0 Å². The summed E-state index contributed by atoms with van der Waals surface area (Å²) >= 11 is 0. The highest BCUT2D eigenvalue weighted by molar-refractivity contribution is 5.70. The van der Waals surface area contributed by atoms with Crippen LogP contribution < -0.4 is 4.74 Å². The van der Waals surface area contributed by atoms with E-state index in [1.54, 1.807) is 7.11 Å². The average Bonchev–Trinajstić information content (AvgIpc) is 2.90. The van der Waals surface area contributed by atoms with E-state index in [0.717, 1.165) is 5.75 Å². The largest absolute Gasteiger partial charge is 0.494 e. The standard InChI is InChI=1S/C17H18O.C16H16O/c1-3-18-17-12-10-16(11-13-17)9-8-15-6-4-14(2)5-7-15;1-17-13-16-11-9-15(10-12-16)8-7-14-5-3-2-4-6-14/h4-13H,3H2,1-2H3;2-12H,13H2,1H3/b9-8+;8-7+. The van der Waals surface area contributed by atoms with Crippen molar-refractivity contribution in [3.63, 3.8) is 0 Å². The van der Waals surface area contributed by atoms with Crippen molar-refractivity contribution < 1.29 is 9.47 Å². The van der Waals surface area contributed by atoms with Gasteiger partial charge in [0.25, 0.3) is 0 Å². The summed E-state index contributed by atoms with van der Waals surface area (Å²) in [4.78, 5) is 0. The Morgan fingerprint density at radius 3 is 1.51 bits per heavy atom. The fourth-order valence-corrected chi connectivity index (χ4v) is 3.36. The van der Waals surface area contributed by atoms with Crippen molar-refractivity contribution >= 4 is 24.3 Å². The van der Waals surface area contributed by atoms with Gasteiger partial charge in [-0.1, -0.05) is 121 Å². The molecule has 0 spiro atoms. The second-order valence-corrected chi connectivity index (χ2v) is 8.16. The molecule has 0 saturated carbocycles. The molecule has 0 amide bonds. The van der Waals surface area contributed by atoms with E-state index in [2.05, 4.69) is 104 Å².